The summed E-state index contributed by atoms with van der Waals surface area (Å²) in [6.45, 7) is 2.92. The van der Waals surface area contributed by atoms with Crippen LogP contribution in [0.25, 0.3) is 0 Å². The molecule has 2 heterocycles. The maximum absolute atomic E-state index is 5.43. The number of aromatic nitrogens is 2. The van der Waals surface area contributed by atoms with Crippen LogP contribution in [-0.4, -0.2) is 43.6 Å². The van der Waals surface area contributed by atoms with E-state index in [0.29, 0.717) is 32.2 Å². The molecule has 0 aromatic carbocycles. The molecule has 6 nitrogen and oxygen atoms in total. The van der Waals surface area contributed by atoms with Crippen LogP contribution in [0.5, 0.6) is 0 Å². The van der Waals surface area contributed by atoms with Crippen LogP contribution < -0.4 is 5.32 Å². The lowest BCUT2D eigenvalue weighted by atomic mass is 9.94. The standard InChI is InChI=1S/C14H23N3O3/c1-18-7-8-19-6-5-12-16-14(20-17-12)13-11-4-2-3-10(11)9-15-13/h10-11,13,15H,2-9H2,1H3. The smallest absolute Gasteiger partial charge is 0.244 e. The summed E-state index contributed by atoms with van der Waals surface area (Å²) in [6.07, 6.45) is 4.64. The minimum atomic E-state index is 0.262. The lowest BCUT2D eigenvalue weighted by Crippen LogP contribution is -2.18. The molecule has 3 atom stereocenters. The van der Waals surface area contributed by atoms with Gasteiger partial charge >= 0.3 is 0 Å². The SMILES string of the molecule is COCCOCCc1noc(C2NCC3CCCC32)n1. The molecular formula is C14H23N3O3. The fraction of sp³-hybridized carbons (Fsp3) is 0.857. The van der Waals surface area contributed by atoms with Crippen molar-refractivity contribution in [3.05, 3.63) is 11.7 Å². The molecule has 0 radical (unpaired) electrons. The van der Waals surface area contributed by atoms with Gasteiger partial charge in [-0.05, 0) is 31.2 Å². The van der Waals surface area contributed by atoms with Crippen LogP contribution in [0.1, 0.15) is 37.0 Å². The molecule has 1 aromatic rings. The highest BCUT2D eigenvalue weighted by atomic mass is 16.5. The number of fused-ring (bicyclic) bond motifs is 1. The van der Waals surface area contributed by atoms with Gasteiger partial charge in [0.25, 0.3) is 0 Å². The highest BCUT2D eigenvalue weighted by Gasteiger charge is 2.42. The van der Waals surface area contributed by atoms with E-state index in [1.807, 2.05) is 0 Å². The first kappa shape index (κ1) is 14.0. The monoisotopic (exact) mass is 281 g/mol. The molecule has 0 spiro atoms. The van der Waals surface area contributed by atoms with Gasteiger partial charge in [0, 0.05) is 13.5 Å². The molecule has 1 saturated carbocycles. The van der Waals surface area contributed by atoms with Crippen LogP contribution in [0.4, 0.5) is 0 Å². The van der Waals surface area contributed by atoms with Crippen LogP contribution >= 0.6 is 0 Å². The van der Waals surface area contributed by atoms with Crippen molar-refractivity contribution in [2.45, 2.75) is 31.7 Å². The van der Waals surface area contributed by atoms with Crippen molar-refractivity contribution >= 4 is 0 Å². The molecule has 3 unspecified atom stereocenters. The van der Waals surface area contributed by atoms with Crippen molar-refractivity contribution in [2.75, 3.05) is 33.5 Å². The Labute approximate surface area is 119 Å². The minimum Gasteiger partial charge on any atom is -0.382 e. The van der Waals surface area contributed by atoms with Crippen LogP contribution in [0.2, 0.25) is 0 Å². The van der Waals surface area contributed by atoms with E-state index in [2.05, 4.69) is 15.5 Å². The normalized spacial score (nSPS) is 28.9. The average Bonchev–Trinajstić information content (AvgIpc) is 3.13. The van der Waals surface area contributed by atoms with Gasteiger partial charge in [-0.15, -0.1) is 0 Å². The van der Waals surface area contributed by atoms with E-state index in [-0.39, 0.29) is 6.04 Å². The van der Waals surface area contributed by atoms with Gasteiger partial charge in [0.1, 0.15) is 0 Å². The Bertz CT molecular complexity index is 424. The molecule has 6 heteroatoms. The Kier molecular flexibility index (Phi) is 4.65. The van der Waals surface area contributed by atoms with E-state index in [1.165, 1.54) is 19.3 Å². The van der Waals surface area contributed by atoms with Gasteiger partial charge in [0.05, 0.1) is 25.9 Å². The maximum Gasteiger partial charge on any atom is 0.244 e. The highest BCUT2D eigenvalue weighted by molar-refractivity contribution is 5.03. The van der Waals surface area contributed by atoms with E-state index in [0.717, 1.165) is 24.2 Å². The second-order valence-corrected chi connectivity index (χ2v) is 5.64. The van der Waals surface area contributed by atoms with Gasteiger partial charge in [-0.3, -0.25) is 0 Å². The number of hydrogen-bond acceptors (Lipinski definition) is 6. The average molecular weight is 281 g/mol. The first-order valence-corrected chi connectivity index (χ1v) is 7.51. The van der Waals surface area contributed by atoms with Gasteiger partial charge in [0.2, 0.25) is 5.89 Å². The fourth-order valence-corrected chi connectivity index (χ4v) is 3.36. The van der Waals surface area contributed by atoms with E-state index >= 15 is 0 Å². The number of methoxy groups -OCH3 is 1. The van der Waals surface area contributed by atoms with Crippen molar-refractivity contribution in [3.8, 4) is 0 Å². The summed E-state index contributed by atoms with van der Waals surface area (Å²) in [7, 11) is 1.67. The summed E-state index contributed by atoms with van der Waals surface area (Å²) < 4.78 is 15.8. The lowest BCUT2D eigenvalue weighted by Gasteiger charge is -2.13. The van der Waals surface area contributed by atoms with E-state index < -0.39 is 0 Å². The Hall–Kier alpha value is -0.980. The molecule has 0 amide bonds. The fourth-order valence-electron chi connectivity index (χ4n) is 3.36. The Morgan fingerprint density at radius 3 is 3.15 bits per heavy atom. The molecule has 3 rings (SSSR count). The Balaban J connectivity index is 1.49. The quantitative estimate of drug-likeness (QED) is 0.761. The van der Waals surface area contributed by atoms with Gasteiger partial charge in [-0.1, -0.05) is 11.6 Å². The molecule has 1 aromatic heterocycles. The topological polar surface area (TPSA) is 69.4 Å². The Morgan fingerprint density at radius 1 is 1.30 bits per heavy atom. The summed E-state index contributed by atoms with van der Waals surface area (Å²) in [5, 5.41) is 7.58. The third kappa shape index (κ3) is 3.02. The second kappa shape index (κ2) is 6.65. The van der Waals surface area contributed by atoms with Gasteiger partial charge in [-0.2, -0.15) is 4.98 Å². The molecule has 2 fully saturated rings. The van der Waals surface area contributed by atoms with Crippen LogP contribution in [0.3, 0.4) is 0 Å². The first-order chi connectivity index (χ1) is 9.88. The van der Waals surface area contributed by atoms with Crippen molar-refractivity contribution < 1.29 is 14.0 Å². The molecule has 1 saturated heterocycles. The molecule has 112 valence electrons. The van der Waals surface area contributed by atoms with Crippen molar-refractivity contribution in [3.63, 3.8) is 0 Å². The lowest BCUT2D eigenvalue weighted by molar-refractivity contribution is 0.0714. The molecule has 20 heavy (non-hydrogen) atoms. The van der Waals surface area contributed by atoms with E-state index in [9.17, 15) is 0 Å². The van der Waals surface area contributed by atoms with Gasteiger partial charge < -0.3 is 19.3 Å². The third-order valence-electron chi connectivity index (χ3n) is 4.40. The predicted molar refractivity (Wildman–Crippen MR) is 72.3 cm³/mol. The van der Waals surface area contributed by atoms with Crippen LogP contribution in [0, 0.1) is 11.8 Å². The number of rotatable bonds is 7. The number of hydrogen-bond donors (Lipinski definition) is 1. The zero-order valence-corrected chi connectivity index (χ0v) is 12.0. The van der Waals surface area contributed by atoms with Gasteiger partial charge in [0.15, 0.2) is 5.82 Å². The second-order valence-electron chi connectivity index (χ2n) is 5.64. The zero-order chi connectivity index (χ0) is 13.8. The summed E-state index contributed by atoms with van der Waals surface area (Å²) in [6, 6.07) is 0.262. The van der Waals surface area contributed by atoms with Gasteiger partial charge in [-0.25, -0.2) is 0 Å². The minimum absolute atomic E-state index is 0.262. The molecule has 1 N–H and O–H groups in total. The summed E-state index contributed by atoms with van der Waals surface area (Å²) >= 11 is 0. The highest BCUT2D eigenvalue weighted by Crippen LogP contribution is 2.43. The molecule has 2 aliphatic rings. The van der Waals surface area contributed by atoms with Crippen molar-refractivity contribution in [1.29, 1.82) is 0 Å². The number of nitrogens with zero attached hydrogens (tertiary/aromatic N) is 2. The Morgan fingerprint density at radius 2 is 2.25 bits per heavy atom. The molecule has 1 aliphatic heterocycles. The van der Waals surface area contributed by atoms with E-state index in [1.54, 1.807) is 7.11 Å². The zero-order valence-electron chi connectivity index (χ0n) is 12.0. The van der Waals surface area contributed by atoms with E-state index in [4.69, 9.17) is 14.0 Å². The summed E-state index contributed by atoms with van der Waals surface area (Å²) in [5.74, 6) is 2.97. The maximum atomic E-state index is 5.43. The predicted octanol–water partition coefficient (Wildman–Crippen LogP) is 1.34. The summed E-state index contributed by atoms with van der Waals surface area (Å²) in [4.78, 5) is 4.52. The molecular weight excluding hydrogens is 258 g/mol. The van der Waals surface area contributed by atoms with Crippen molar-refractivity contribution in [2.24, 2.45) is 11.8 Å². The third-order valence-corrected chi connectivity index (χ3v) is 4.40. The number of ether oxygens (including phenoxy) is 2. The first-order valence-electron chi connectivity index (χ1n) is 7.51. The van der Waals surface area contributed by atoms with Crippen LogP contribution in [0.15, 0.2) is 4.52 Å². The largest absolute Gasteiger partial charge is 0.382 e. The van der Waals surface area contributed by atoms with Crippen molar-refractivity contribution in [1.82, 2.24) is 15.5 Å². The van der Waals surface area contributed by atoms with Crippen LogP contribution in [-0.2, 0) is 15.9 Å². The summed E-state index contributed by atoms with van der Waals surface area (Å²) in [5.41, 5.74) is 0. The molecule has 0 bridgehead atoms. The molecule has 1 aliphatic carbocycles. The number of nitrogens with one attached hydrogen (secondary N) is 1.